The molecule has 11 heteroatoms. The maximum atomic E-state index is 10.6. The minimum absolute atomic E-state index is 0.0228. The molecule has 0 fully saturated rings. The van der Waals surface area contributed by atoms with Gasteiger partial charge in [0.2, 0.25) is 0 Å². The Hall–Kier alpha value is -0.820. The predicted molar refractivity (Wildman–Crippen MR) is 102 cm³/mol. The molecule has 164 valence electrons. The summed E-state index contributed by atoms with van der Waals surface area (Å²) in [6, 6.07) is 0. The average Bonchev–Trinajstić information content (AvgIpc) is 2.44. The standard InChI is InChI=1S/C11H25NO6S.C5H11NO2/c13-8-5-12(6-9-14,7-10-15)4-2-1-3-11-19(16,17)18;1-6(2,3)4-5(7)8/h13-15H,1-11H2;4H2,1-3H3/p+2. The molecule has 0 aliphatic carbocycles. The van der Waals surface area contributed by atoms with Crippen LogP contribution in [-0.2, 0) is 14.9 Å². The second kappa shape index (κ2) is 14.2. The zero-order valence-corrected chi connectivity index (χ0v) is 17.6. The summed E-state index contributed by atoms with van der Waals surface area (Å²) >= 11 is 0. The average molecular weight is 419 g/mol. The summed E-state index contributed by atoms with van der Waals surface area (Å²) in [7, 11) is 1.63. The fourth-order valence-electron chi connectivity index (χ4n) is 2.62. The molecular weight excluding hydrogens is 380 g/mol. The van der Waals surface area contributed by atoms with Crippen LogP contribution in [0.2, 0.25) is 0 Å². The van der Waals surface area contributed by atoms with Crippen molar-refractivity contribution in [2.24, 2.45) is 0 Å². The maximum absolute atomic E-state index is 10.6. The van der Waals surface area contributed by atoms with Crippen LogP contribution in [0.15, 0.2) is 0 Å². The van der Waals surface area contributed by atoms with Gasteiger partial charge in [0.05, 0.1) is 53.3 Å². The Bertz CT molecular complexity index is 474. The normalized spacial score (nSPS) is 12.4. The Morgan fingerprint density at radius 1 is 0.815 bits per heavy atom. The van der Waals surface area contributed by atoms with Gasteiger partial charge in [0.25, 0.3) is 10.1 Å². The van der Waals surface area contributed by atoms with E-state index < -0.39 is 16.1 Å². The van der Waals surface area contributed by atoms with Gasteiger partial charge in [-0.25, -0.2) is 4.79 Å². The van der Waals surface area contributed by atoms with Gasteiger partial charge in [0.15, 0.2) is 6.54 Å². The maximum Gasteiger partial charge on any atom is 0.359 e. The lowest BCUT2D eigenvalue weighted by Crippen LogP contribution is -2.53. The fourth-order valence-corrected chi connectivity index (χ4v) is 3.19. The summed E-state index contributed by atoms with van der Waals surface area (Å²) in [6.07, 6.45) is 1.74. The van der Waals surface area contributed by atoms with Crippen molar-refractivity contribution in [2.75, 3.05) is 79.4 Å². The van der Waals surface area contributed by atoms with Gasteiger partial charge in [-0.2, -0.15) is 8.42 Å². The Balaban J connectivity index is 0. The highest BCUT2D eigenvalue weighted by atomic mass is 32.2. The molecule has 0 aromatic rings. The van der Waals surface area contributed by atoms with Crippen LogP contribution >= 0.6 is 0 Å². The van der Waals surface area contributed by atoms with Crippen molar-refractivity contribution in [1.82, 2.24) is 0 Å². The van der Waals surface area contributed by atoms with Crippen molar-refractivity contribution < 1.29 is 47.2 Å². The number of carbonyl (C=O) groups is 1. The summed E-state index contributed by atoms with van der Waals surface area (Å²) in [4.78, 5) is 10.00. The molecule has 27 heavy (non-hydrogen) atoms. The zero-order chi connectivity index (χ0) is 21.6. The van der Waals surface area contributed by atoms with E-state index in [1.807, 2.05) is 21.1 Å². The minimum Gasteiger partial charge on any atom is -0.477 e. The molecule has 0 bridgehead atoms. The number of aliphatic hydroxyl groups is 3. The number of likely N-dealkylation sites (N-methyl/N-ethyl adjacent to an activating group) is 1. The topological polar surface area (TPSA) is 152 Å². The molecule has 0 unspecified atom stereocenters. The Kier molecular flexibility index (Phi) is 14.9. The lowest BCUT2D eigenvalue weighted by Gasteiger charge is -2.37. The van der Waals surface area contributed by atoms with Crippen LogP contribution < -0.4 is 0 Å². The molecule has 10 nitrogen and oxygen atoms in total. The summed E-state index contributed by atoms with van der Waals surface area (Å²) < 4.78 is 30.6. The molecule has 0 aliphatic rings. The van der Waals surface area contributed by atoms with E-state index in [0.29, 0.717) is 48.0 Å². The number of aliphatic carboxylic acids is 1. The van der Waals surface area contributed by atoms with Crippen molar-refractivity contribution in [3.05, 3.63) is 0 Å². The number of aliphatic hydroxyl groups excluding tert-OH is 3. The van der Waals surface area contributed by atoms with Crippen LogP contribution in [0.5, 0.6) is 0 Å². The third-order valence-corrected chi connectivity index (χ3v) is 4.67. The largest absolute Gasteiger partial charge is 0.477 e. The third kappa shape index (κ3) is 19.7. The van der Waals surface area contributed by atoms with E-state index in [9.17, 15) is 13.2 Å². The van der Waals surface area contributed by atoms with Crippen molar-refractivity contribution in [3.8, 4) is 0 Å². The van der Waals surface area contributed by atoms with Crippen molar-refractivity contribution in [1.29, 1.82) is 0 Å². The molecule has 0 saturated carbocycles. The van der Waals surface area contributed by atoms with Crippen LogP contribution in [0.4, 0.5) is 0 Å². The van der Waals surface area contributed by atoms with Gasteiger partial charge in [0.1, 0.15) is 19.6 Å². The van der Waals surface area contributed by atoms with Gasteiger partial charge < -0.3 is 29.4 Å². The van der Waals surface area contributed by atoms with Crippen LogP contribution in [0, 0.1) is 0 Å². The molecule has 0 saturated heterocycles. The first-order valence-electron chi connectivity index (χ1n) is 8.96. The molecule has 0 spiro atoms. The van der Waals surface area contributed by atoms with E-state index in [1.165, 1.54) is 0 Å². The SMILES string of the molecule is C[N+](C)(C)CC(=O)O.O=S(=O)(O)CCCCC[N+](CCO)(CCO)CCO. The third-order valence-electron chi connectivity index (χ3n) is 3.87. The van der Waals surface area contributed by atoms with E-state index in [4.69, 9.17) is 25.0 Å². The van der Waals surface area contributed by atoms with Gasteiger partial charge in [-0.05, 0) is 19.3 Å². The van der Waals surface area contributed by atoms with Crippen molar-refractivity contribution >= 4 is 16.1 Å². The smallest absolute Gasteiger partial charge is 0.359 e. The summed E-state index contributed by atoms with van der Waals surface area (Å²) in [5.41, 5.74) is 0. The van der Waals surface area contributed by atoms with E-state index >= 15 is 0 Å². The van der Waals surface area contributed by atoms with Crippen LogP contribution in [0.1, 0.15) is 19.3 Å². The first-order valence-corrected chi connectivity index (χ1v) is 10.6. The minimum atomic E-state index is -3.90. The number of unbranched alkanes of at least 4 members (excludes halogenated alkanes) is 2. The first-order chi connectivity index (χ1) is 12.3. The van der Waals surface area contributed by atoms with E-state index in [1.54, 1.807) is 0 Å². The predicted octanol–water partition coefficient (Wildman–Crippen LogP) is -1.38. The molecule has 0 radical (unpaired) electrons. The molecule has 0 atom stereocenters. The van der Waals surface area contributed by atoms with Gasteiger partial charge in [-0.1, -0.05) is 0 Å². The lowest BCUT2D eigenvalue weighted by molar-refractivity contribution is -0.929. The lowest BCUT2D eigenvalue weighted by atomic mass is 10.2. The van der Waals surface area contributed by atoms with E-state index in [0.717, 1.165) is 6.42 Å². The van der Waals surface area contributed by atoms with Crippen LogP contribution in [-0.4, -0.2) is 128 Å². The highest BCUT2D eigenvalue weighted by Gasteiger charge is 2.25. The van der Waals surface area contributed by atoms with E-state index in [-0.39, 0.29) is 32.1 Å². The molecule has 0 amide bonds. The summed E-state index contributed by atoms with van der Waals surface area (Å²) in [6.45, 7) is 2.15. The summed E-state index contributed by atoms with van der Waals surface area (Å²) in [5, 5.41) is 35.5. The van der Waals surface area contributed by atoms with Gasteiger partial charge >= 0.3 is 5.97 Å². The van der Waals surface area contributed by atoms with Gasteiger partial charge in [-0.15, -0.1) is 0 Å². The van der Waals surface area contributed by atoms with Crippen LogP contribution in [0.3, 0.4) is 0 Å². The zero-order valence-electron chi connectivity index (χ0n) is 16.7. The molecule has 5 N–H and O–H groups in total. The number of carboxylic acids is 1. The second-order valence-corrected chi connectivity index (χ2v) is 9.17. The van der Waals surface area contributed by atoms with Gasteiger partial charge in [-0.3, -0.25) is 4.55 Å². The quantitative estimate of drug-likeness (QED) is 0.131. The molecule has 0 heterocycles. The van der Waals surface area contributed by atoms with Crippen molar-refractivity contribution in [3.63, 3.8) is 0 Å². The molecule has 0 aromatic heterocycles. The Labute approximate surface area is 162 Å². The highest BCUT2D eigenvalue weighted by molar-refractivity contribution is 7.85. The number of hydrogen-bond acceptors (Lipinski definition) is 6. The summed E-state index contributed by atoms with van der Waals surface area (Å²) in [5.74, 6) is -0.995. The highest BCUT2D eigenvalue weighted by Crippen LogP contribution is 2.10. The number of rotatable bonds is 14. The van der Waals surface area contributed by atoms with Crippen molar-refractivity contribution in [2.45, 2.75) is 19.3 Å². The van der Waals surface area contributed by atoms with Crippen LogP contribution in [0.25, 0.3) is 0 Å². The number of nitrogens with zero attached hydrogens (tertiary/aromatic N) is 2. The molecule has 0 rings (SSSR count). The first kappa shape index (κ1) is 28.4. The van der Waals surface area contributed by atoms with Gasteiger partial charge in [0, 0.05) is 0 Å². The Morgan fingerprint density at radius 3 is 1.52 bits per heavy atom. The molecule has 0 aliphatic heterocycles. The number of quaternary nitrogens is 2. The molecule has 0 aromatic carbocycles. The van der Waals surface area contributed by atoms with E-state index in [2.05, 4.69) is 0 Å². The monoisotopic (exact) mass is 418 g/mol. The molecular formula is C16H38N2O8S+2. The Morgan fingerprint density at radius 2 is 1.26 bits per heavy atom. The fraction of sp³-hybridized carbons (Fsp3) is 0.938. The number of hydrogen-bond donors (Lipinski definition) is 5. The second-order valence-electron chi connectivity index (χ2n) is 7.60. The number of carboxylic acid groups (broad SMARTS) is 1.